The van der Waals surface area contributed by atoms with Crippen LogP contribution in [-0.2, 0) is 16.1 Å². The van der Waals surface area contributed by atoms with Crippen molar-refractivity contribution < 1.29 is 9.59 Å². The van der Waals surface area contributed by atoms with Gasteiger partial charge in [0.1, 0.15) is 12.1 Å². The monoisotopic (exact) mass is 278 g/mol. The highest BCUT2D eigenvalue weighted by Gasteiger charge is 2.48. The van der Waals surface area contributed by atoms with Crippen molar-refractivity contribution in [3.8, 4) is 0 Å². The van der Waals surface area contributed by atoms with Crippen molar-refractivity contribution in [3.05, 3.63) is 21.9 Å². The Balaban J connectivity index is 1.83. The highest BCUT2D eigenvalue weighted by molar-refractivity contribution is 7.10. The number of hydrogen-bond donors (Lipinski definition) is 1. The van der Waals surface area contributed by atoms with Crippen molar-refractivity contribution in [1.82, 2.24) is 10.2 Å². The Kier molecular flexibility index (Phi) is 3.09. The summed E-state index contributed by atoms with van der Waals surface area (Å²) < 4.78 is 0. The van der Waals surface area contributed by atoms with E-state index in [-0.39, 0.29) is 18.4 Å². The van der Waals surface area contributed by atoms with Crippen LogP contribution >= 0.6 is 11.3 Å². The molecular weight excluding hydrogens is 260 g/mol. The number of hydrogen-bond acceptors (Lipinski definition) is 3. The molecule has 0 atom stereocenters. The zero-order valence-electron chi connectivity index (χ0n) is 11.1. The molecule has 3 rings (SSSR count). The summed E-state index contributed by atoms with van der Waals surface area (Å²) in [7, 11) is 0. The van der Waals surface area contributed by atoms with Gasteiger partial charge in [0.2, 0.25) is 11.8 Å². The molecule has 1 spiro atoms. The molecule has 1 N–H and O–H groups in total. The van der Waals surface area contributed by atoms with E-state index in [0.29, 0.717) is 6.54 Å². The molecule has 1 aromatic heterocycles. The highest BCUT2D eigenvalue weighted by atomic mass is 32.1. The van der Waals surface area contributed by atoms with Crippen molar-refractivity contribution in [1.29, 1.82) is 0 Å². The van der Waals surface area contributed by atoms with Gasteiger partial charge in [-0.15, -0.1) is 11.3 Å². The fourth-order valence-corrected chi connectivity index (χ4v) is 4.01. The standard InChI is InChI=1S/C14H18N2O2S/c1-10-4-7-19-11(10)8-16-9-12(17)15-14(13(16)18)5-2-3-6-14/h4,7H,2-3,5-6,8-9H2,1H3,(H,15,17). The lowest BCUT2D eigenvalue weighted by Crippen LogP contribution is -2.65. The molecule has 0 aromatic carbocycles. The van der Waals surface area contributed by atoms with Gasteiger partial charge in [0.05, 0.1) is 6.54 Å². The van der Waals surface area contributed by atoms with Gasteiger partial charge >= 0.3 is 0 Å². The minimum atomic E-state index is -0.597. The topological polar surface area (TPSA) is 49.4 Å². The largest absolute Gasteiger partial charge is 0.340 e. The first kappa shape index (κ1) is 12.7. The Labute approximate surface area is 116 Å². The number of piperazine rings is 1. The first-order valence-electron chi connectivity index (χ1n) is 6.74. The third kappa shape index (κ3) is 2.16. The SMILES string of the molecule is Cc1ccsc1CN1CC(=O)NC2(CCCC2)C1=O. The number of nitrogens with one attached hydrogen (secondary N) is 1. The van der Waals surface area contributed by atoms with Gasteiger partial charge in [0.15, 0.2) is 0 Å². The number of carbonyl (C=O) groups is 2. The quantitative estimate of drug-likeness (QED) is 0.897. The number of nitrogens with zero attached hydrogens (tertiary/aromatic N) is 1. The summed E-state index contributed by atoms with van der Waals surface area (Å²) in [6.07, 6.45) is 3.63. The lowest BCUT2D eigenvalue weighted by molar-refractivity contribution is -0.150. The Morgan fingerprint density at radius 3 is 2.74 bits per heavy atom. The van der Waals surface area contributed by atoms with Crippen LogP contribution < -0.4 is 5.32 Å². The fraction of sp³-hybridized carbons (Fsp3) is 0.571. The maximum absolute atomic E-state index is 12.6. The predicted octanol–water partition coefficient (Wildman–Crippen LogP) is 1.83. The molecular formula is C14H18N2O2S. The molecule has 0 bridgehead atoms. The van der Waals surface area contributed by atoms with E-state index in [4.69, 9.17) is 0 Å². The molecule has 0 unspecified atom stereocenters. The van der Waals surface area contributed by atoms with Crippen LogP contribution in [0.1, 0.15) is 36.1 Å². The second-order valence-electron chi connectivity index (χ2n) is 5.53. The van der Waals surface area contributed by atoms with E-state index >= 15 is 0 Å². The summed E-state index contributed by atoms with van der Waals surface area (Å²) >= 11 is 1.65. The van der Waals surface area contributed by atoms with Crippen molar-refractivity contribution >= 4 is 23.2 Å². The predicted molar refractivity (Wildman–Crippen MR) is 73.8 cm³/mol. The molecule has 0 radical (unpaired) electrons. The molecule has 5 heteroatoms. The Hall–Kier alpha value is -1.36. The van der Waals surface area contributed by atoms with Crippen molar-refractivity contribution in [2.45, 2.75) is 44.7 Å². The average Bonchev–Trinajstić information content (AvgIpc) is 2.97. The van der Waals surface area contributed by atoms with Gasteiger partial charge in [-0.3, -0.25) is 9.59 Å². The molecule has 2 heterocycles. The fourth-order valence-electron chi connectivity index (χ4n) is 3.09. The summed E-state index contributed by atoms with van der Waals surface area (Å²) in [5, 5.41) is 4.97. The average molecular weight is 278 g/mol. The molecule has 1 aliphatic heterocycles. The van der Waals surface area contributed by atoms with Crippen LogP contribution in [0.3, 0.4) is 0 Å². The number of rotatable bonds is 2. The van der Waals surface area contributed by atoms with Crippen LogP contribution in [0.25, 0.3) is 0 Å². The summed E-state index contributed by atoms with van der Waals surface area (Å²) in [6, 6.07) is 2.06. The number of amides is 2. The summed E-state index contributed by atoms with van der Waals surface area (Å²) in [5.74, 6) is 0.0908. The molecule has 1 aromatic rings. The molecule has 1 aliphatic carbocycles. The van der Waals surface area contributed by atoms with Crippen LogP contribution in [0.15, 0.2) is 11.4 Å². The van der Waals surface area contributed by atoms with E-state index in [1.54, 1.807) is 16.2 Å². The van der Waals surface area contributed by atoms with Crippen LogP contribution in [0, 0.1) is 6.92 Å². The normalized spacial score (nSPS) is 22.1. The van der Waals surface area contributed by atoms with Crippen LogP contribution in [-0.4, -0.2) is 28.8 Å². The van der Waals surface area contributed by atoms with E-state index in [0.717, 1.165) is 25.7 Å². The van der Waals surface area contributed by atoms with E-state index in [1.807, 2.05) is 12.3 Å². The van der Waals surface area contributed by atoms with E-state index in [2.05, 4.69) is 11.4 Å². The van der Waals surface area contributed by atoms with Crippen molar-refractivity contribution in [2.75, 3.05) is 6.54 Å². The highest BCUT2D eigenvalue weighted by Crippen LogP contribution is 2.34. The van der Waals surface area contributed by atoms with E-state index < -0.39 is 5.54 Å². The maximum atomic E-state index is 12.6. The Morgan fingerprint density at radius 1 is 1.37 bits per heavy atom. The van der Waals surface area contributed by atoms with Gasteiger partial charge in [-0.25, -0.2) is 0 Å². The number of thiophene rings is 1. The second-order valence-corrected chi connectivity index (χ2v) is 6.53. The van der Waals surface area contributed by atoms with Gasteiger partial charge in [0.25, 0.3) is 0 Å². The van der Waals surface area contributed by atoms with Crippen molar-refractivity contribution in [3.63, 3.8) is 0 Å². The third-order valence-corrected chi connectivity index (χ3v) is 5.18. The first-order chi connectivity index (χ1) is 9.11. The van der Waals surface area contributed by atoms with Gasteiger partial charge in [-0.1, -0.05) is 12.8 Å². The molecule has 2 amide bonds. The van der Waals surface area contributed by atoms with Gasteiger partial charge < -0.3 is 10.2 Å². The van der Waals surface area contributed by atoms with Gasteiger partial charge in [-0.05, 0) is 36.8 Å². The molecule has 1 saturated carbocycles. The first-order valence-corrected chi connectivity index (χ1v) is 7.62. The Morgan fingerprint density at radius 2 is 2.11 bits per heavy atom. The molecule has 2 aliphatic rings. The van der Waals surface area contributed by atoms with Crippen LogP contribution in [0.2, 0.25) is 0 Å². The third-order valence-electron chi connectivity index (χ3n) is 4.17. The summed E-state index contributed by atoms with van der Waals surface area (Å²) in [4.78, 5) is 27.4. The number of carbonyl (C=O) groups excluding carboxylic acids is 2. The Bertz CT molecular complexity index is 517. The molecule has 19 heavy (non-hydrogen) atoms. The van der Waals surface area contributed by atoms with E-state index in [9.17, 15) is 9.59 Å². The lowest BCUT2D eigenvalue weighted by atomic mass is 9.93. The van der Waals surface area contributed by atoms with Crippen LogP contribution in [0.5, 0.6) is 0 Å². The molecule has 102 valence electrons. The number of aryl methyl sites for hydroxylation is 1. The smallest absolute Gasteiger partial charge is 0.249 e. The summed E-state index contributed by atoms with van der Waals surface area (Å²) in [6.45, 7) is 2.81. The molecule has 1 saturated heterocycles. The summed E-state index contributed by atoms with van der Waals surface area (Å²) in [5.41, 5.74) is 0.602. The van der Waals surface area contributed by atoms with E-state index in [1.165, 1.54) is 10.4 Å². The zero-order valence-corrected chi connectivity index (χ0v) is 11.9. The molecule has 4 nitrogen and oxygen atoms in total. The maximum Gasteiger partial charge on any atom is 0.249 e. The lowest BCUT2D eigenvalue weighted by Gasteiger charge is -2.39. The zero-order chi connectivity index (χ0) is 13.5. The van der Waals surface area contributed by atoms with Gasteiger partial charge in [0, 0.05) is 4.88 Å². The van der Waals surface area contributed by atoms with Crippen molar-refractivity contribution in [2.24, 2.45) is 0 Å². The molecule has 2 fully saturated rings. The van der Waals surface area contributed by atoms with Crippen LogP contribution in [0.4, 0.5) is 0 Å². The van der Waals surface area contributed by atoms with Gasteiger partial charge in [-0.2, -0.15) is 0 Å². The minimum Gasteiger partial charge on any atom is -0.340 e. The minimum absolute atomic E-state index is 0.0179. The second kappa shape index (κ2) is 4.63.